The Morgan fingerprint density at radius 2 is 1.53 bits per heavy atom. The van der Waals surface area contributed by atoms with Crippen LogP contribution in [0.3, 0.4) is 0 Å². The van der Waals surface area contributed by atoms with Crippen LogP contribution < -0.4 is 0 Å². The smallest absolute Gasteiger partial charge is 0.00565 e. The van der Waals surface area contributed by atoms with E-state index in [1.165, 1.54) is 64.2 Å². The Morgan fingerprint density at radius 3 is 2.27 bits per heavy atom. The topological polar surface area (TPSA) is 0 Å². The number of allylic oxidation sites excluding steroid dienone is 3. The number of fused-ring (bicyclic) bond motifs is 7. The minimum Gasteiger partial charge on any atom is -0.0993 e. The van der Waals surface area contributed by atoms with Crippen molar-refractivity contribution in [2.75, 3.05) is 0 Å². The van der Waals surface area contributed by atoms with E-state index in [4.69, 9.17) is 0 Å². The van der Waals surface area contributed by atoms with E-state index in [1.807, 2.05) is 5.57 Å². The Balaban J connectivity index is 1.57. The van der Waals surface area contributed by atoms with Crippen LogP contribution in [0.25, 0.3) is 0 Å². The van der Waals surface area contributed by atoms with Gasteiger partial charge in [-0.05, 0) is 115 Å². The molecule has 0 nitrogen and oxygen atoms in total. The van der Waals surface area contributed by atoms with Gasteiger partial charge in [0.15, 0.2) is 0 Å². The van der Waals surface area contributed by atoms with E-state index < -0.39 is 0 Å². The molecular formula is C30H48. The fourth-order valence-electron chi connectivity index (χ4n) is 9.90. The Hall–Kier alpha value is -0.520. The SMILES string of the molecule is C=C1C(C)CCC2(C)C1CCC1(C)C2CC=C2C3CC(C)(C)CCC3(C)CCC21C. The minimum atomic E-state index is 0.409. The lowest BCUT2D eigenvalue weighted by Crippen LogP contribution is -2.61. The first-order chi connectivity index (χ1) is 13.9. The molecular weight excluding hydrogens is 360 g/mol. The van der Waals surface area contributed by atoms with Crippen molar-refractivity contribution in [3.05, 3.63) is 23.8 Å². The zero-order valence-corrected chi connectivity index (χ0v) is 21.2. The summed E-state index contributed by atoms with van der Waals surface area (Å²) in [6.45, 7) is 22.9. The van der Waals surface area contributed by atoms with Gasteiger partial charge < -0.3 is 0 Å². The van der Waals surface area contributed by atoms with Gasteiger partial charge in [-0.25, -0.2) is 0 Å². The highest BCUT2D eigenvalue weighted by molar-refractivity contribution is 5.34. The van der Waals surface area contributed by atoms with Gasteiger partial charge in [0.1, 0.15) is 0 Å². The van der Waals surface area contributed by atoms with Gasteiger partial charge in [-0.1, -0.05) is 72.3 Å². The molecule has 5 aliphatic rings. The summed E-state index contributed by atoms with van der Waals surface area (Å²) < 4.78 is 0. The van der Waals surface area contributed by atoms with Crippen LogP contribution in [0.4, 0.5) is 0 Å². The molecule has 0 aromatic rings. The molecule has 30 heavy (non-hydrogen) atoms. The molecule has 168 valence electrons. The summed E-state index contributed by atoms with van der Waals surface area (Å²) in [6, 6.07) is 0. The quantitative estimate of drug-likeness (QED) is 0.351. The summed E-state index contributed by atoms with van der Waals surface area (Å²) in [7, 11) is 0. The molecule has 0 spiro atoms. The first-order valence-corrected chi connectivity index (χ1v) is 13.3. The summed E-state index contributed by atoms with van der Waals surface area (Å²) in [6.07, 6.45) is 16.9. The normalized spacial score (nSPS) is 54.9. The maximum Gasteiger partial charge on any atom is -0.00565 e. The van der Waals surface area contributed by atoms with E-state index in [0.717, 1.165) is 23.7 Å². The third-order valence-corrected chi connectivity index (χ3v) is 12.5. The largest absolute Gasteiger partial charge is 0.0993 e. The molecule has 0 amide bonds. The molecule has 0 aromatic heterocycles. The first-order valence-electron chi connectivity index (χ1n) is 13.3. The number of hydrogen-bond donors (Lipinski definition) is 0. The molecule has 0 aromatic carbocycles. The molecule has 5 rings (SSSR count). The van der Waals surface area contributed by atoms with Gasteiger partial charge >= 0.3 is 0 Å². The first kappa shape index (κ1) is 21.3. The zero-order chi connectivity index (χ0) is 21.7. The minimum absolute atomic E-state index is 0.409. The van der Waals surface area contributed by atoms with Crippen molar-refractivity contribution in [2.45, 2.75) is 113 Å². The van der Waals surface area contributed by atoms with E-state index in [-0.39, 0.29) is 0 Å². The molecule has 4 saturated carbocycles. The maximum atomic E-state index is 4.65. The Bertz CT molecular complexity index is 784. The summed E-state index contributed by atoms with van der Waals surface area (Å²) in [4.78, 5) is 0. The summed E-state index contributed by atoms with van der Waals surface area (Å²) >= 11 is 0. The molecule has 0 bridgehead atoms. The second-order valence-corrected chi connectivity index (χ2v) is 14.4. The molecule has 5 aliphatic carbocycles. The molecule has 4 fully saturated rings. The maximum absolute atomic E-state index is 4.65. The zero-order valence-electron chi connectivity index (χ0n) is 21.2. The Kier molecular flexibility index (Phi) is 4.47. The predicted molar refractivity (Wildman–Crippen MR) is 129 cm³/mol. The van der Waals surface area contributed by atoms with Crippen LogP contribution in [0.15, 0.2) is 23.8 Å². The van der Waals surface area contributed by atoms with E-state index in [0.29, 0.717) is 27.1 Å². The van der Waals surface area contributed by atoms with Crippen LogP contribution in [0.2, 0.25) is 0 Å². The van der Waals surface area contributed by atoms with Gasteiger partial charge in [0.25, 0.3) is 0 Å². The van der Waals surface area contributed by atoms with Crippen LogP contribution in [0.1, 0.15) is 113 Å². The standard InChI is InChI=1S/C30H48/c1-20-11-13-28(6)22(21(20)2)12-14-30(8)25(28)10-9-23-24-19-26(3,4)15-16-27(24,5)17-18-29(23,30)7/h9,20,22,24-25H,2,10-19H2,1,3-8H3. The van der Waals surface area contributed by atoms with E-state index in [9.17, 15) is 0 Å². The summed E-state index contributed by atoms with van der Waals surface area (Å²) in [5.41, 5.74) is 5.91. The lowest BCUT2D eigenvalue weighted by molar-refractivity contribution is -0.147. The lowest BCUT2D eigenvalue weighted by Gasteiger charge is -2.70. The molecule has 0 heterocycles. The predicted octanol–water partition coefficient (Wildman–Crippen LogP) is 8.97. The van der Waals surface area contributed by atoms with Crippen molar-refractivity contribution in [1.82, 2.24) is 0 Å². The van der Waals surface area contributed by atoms with E-state index in [1.54, 1.807) is 5.57 Å². The van der Waals surface area contributed by atoms with Crippen molar-refractivity contribution in [2.24, 2.45) is 50.7 Å². The second kappa shape index (κ2) is 6.29. The summed E-state index contributed by atoms with van der Waals surface area (Å²) in [5, 5.41) is 0. The molecule has 8 unspecified atom stereocenters. The van der Waals surface area contributed by atoms with Crippen molar-refractivity contribution in [1.29, 1.82) is 0 Å². The summed E-state index contributed by atoms with van der Waals surface area (Å²) in [5.74, 6) is 3.16. The molecule has 8 atom stereocenters. The number of rotatable bonds is 0. The van der Waals surface area contributed by atoms with Gasteiger partial charge in [0.2, 0.25) is 0 Å². The van der Waals surface area contributed by atoms with Gasteiger partial charge in [0.05, 0.1) is 0 Å². The molecule has 0 radical (unpaired) electrons. The van der Waals surface area contributed by atoms with Gasteiger partial charge in [0, 0.05) is 0 Å². The van der Waals surface area contributed by atoms with Crippen LogP contribution >= 0.6 is 0 Å². The average Bonchev–Trinajstić information content (AvgIpc) is 2.67. The van der Waals surface area contributed by atoms with Gasteiger partial charge in [-0.3, -0.25) is 0 Å². The van der Waals surface area contributed by atoms with E-state index >= 15 is 0 Å². The van der Waals surface area contributed by atoms with Crippen LogP contribution in [-0.4, -0.2) is 0 Å². The molecule has 0 aliphatic heterocycles. The lowest BCUT2D eigenvalue weighted by atomic mass is 9.35. The van der Waals surface area contributed by atoms with Gasteiger partial charge in [-0.2, -0.15) is 0 Å². The average molecular weight is 409 g/mol. The van der Waals surface area contributed by atoms with Gasteiger partial charge in [-0.15, -0.1) is 0 Å². The highest BCUT2D eigenvalue weighted by Gasteiger charge is 2.66. The molecule has 0 N–H and O–H groups in total. The highest BCUT2D eigenvalue weighted by atomic mass is 14.7. The molecule has 0 saturated heterocycles. The van der Waals surface area contributed by atoms with Crippen molar-refractivity contribution >= 4 is 0 Å². The van der Waals surface area contributed by atoms with E-state index in [2.05, 4.69) is 61.1 Å². The molecule has 0 heteroatoms. The van der Waals surface area contributed by atoms with Crippen molar-refractivity contribution in [3.63, 3.8) is 0 Å². The van der Waals surface area contributed by atoms with Crippen molar-refractivity contribution in [3.8, 4) is 0 Å². The Morgan fingerprint density at radius 1 is 0.833 bits per heavy atom. The third-order valence-electron chi connectivity index (χ3n) is 12.5. The Labute approximate surface area is 187 Å². The van der Waals surface area contributed by atoms with Crippen LogP contribution in [0.5, 0.6) is 0 Å². The van der Waals surface area contributed by atoms with Crippen LogP contribution in [0, 0.1) is 50.7 Å². The monoisotopic (exact) mass is 408 g/mol. The van der Waals surface area contributed by atoms with Crippen molar-refractivity contribution < 1.29 is 0 Å². The highest BCUT2D eigenvalue weighted by Crippen LogP contribution is 2.74. The van der Waals surface area contributed by atoms with Crippen LogP contribution in [-0.2, 0) is 0 Å². The second-order valence-electron chi connectivity index (χ2n) is 14.4. The number of hydrogen-bond acceptors (Lipinski definition) is 0. The third kappa shape index (κ3) is 2.58. The fraction of sp³-hybridized carbons (Fsp3) is 0.867. The fourth-order valence-corrected chi connectivity index (χ4v) is 9.90.